The molecule has 4 heterocycles. The Bertz CT molecular complexity index is 1310. The SMILES string of the molecule is O[C@@H]1COCC1N1CCC(c2cc3nc(Nc4cnn(C5CC5(F)F)c4Cl)ncc3cc2Cl)[C@@H](F)C1. The number of rotatable bonds is 5. The molecular formula is C23H23Cl2F3N6O2. The summed E-state index contributed by atoms with van der Waals surface area (Å²) in [7, 11) is 0. The number of aromatic nitrogens is 4. The van der Waals surface area contributed by atoms with Crippen molar-refractivity contribution in [1.29, 1.82) is 0 Å². The molecule has 2 N–H and O–H groups in total. The highest BCUT2D eigenvalue weighted by molar-refractivity contribution is 6.32. The summed E-state index contributed by atoms with van der Waals surface area (Å²) < 4.78 is 48.6. The van der Waals surface area contributed by atoms with Crippen LogP contribution in [-0.2, 0) is 4.74 Å². The number of fused-ring (bicyclic) bond motifs is 1. The quantitative estimate of drug-likeness (QED) is 0.495. The highest BCUT2D eigenvalue weighted by Crippen LogP contribution is 2.53. The number of halogens is 5. The Labute approximate surface area is 214 Å². The standard InChI is InChI=1S/C23H23Cl2F3N6O2/c24-14-3-11-6-29-22(32-17-7-30-34(21(17)25)20-5-23(20,27)28)31-16(11)4-13(14)12-1-2-33(8-15(12)26)18-9-36-10-19(18)35/h3-4,6-7,12,15,18-20,35H,1-2,5,8-10H2,(H,29,31,32)/t12?,15-,18?,19+,20?/m0/s1. The maximum Gasteiger partial charge on any atom is 0.272 e. The Balaban J connectivity index is 1.22. The van der Waals surface area contributed by atoms with Crippen LogP contribution >= 0.6 is 23.2 Å². The highest BCUT2D eigenvalue weighted by Gasteiger charge is 2.59. The van der Waals surface area contributed by atoms with Crippen LogP contribution in [0.3, 0.4) is 0 Å². The van der Waals surface area contributed by atoms with E-state index in [2.05, 4.69) is 20.4 Å². The zero-order chi connectivity index (χ0) is 25.2. The van der Waals surface area contributed by atoms with Gasteiger partial charge in [-0.2, -0.15) is 5.10 Å². The zero-order valence-electron chi connectivity index (χ0n) is 18.9. The van der Waals surface area contributed by atoms with E-state index in [1.165, 1.54) is 6.20 Å². The number of hydrogen-bond donors (Lipinski definition) is 2. The Morgan fingerprint density at radius 2 is 2.00 bits per heavy atom. The number of nitrogens with one attached hydrogen (secondary N) is 1. The fourth-order valence-electron chi connectivity index (χ4n) is 5.11. The number of ether oxygens (including phenoxy) is 1. The summed E-state index contributed by atoms with van der Waals surface area (Å²) in [4.78, 5) is 10.7. The molecule has 0 radical (unpaired) electrons. The Kier molecular flexibility index (Phi) is 6.03. The van der Waals surface area contributed by atoms with Gasteiger partial charge < -0.3 is 15.2 Å². The molecule has 2 aromatic heterocycles. The first-order valence-corrected chi connectivity index (χ1v) is 12.4. The molecule has 0 amide bonds. The molecular weight excluding hydrogens is 520 g/mol. The van der Waals surface area contributed by atoms with Gasteiger partial charge in [0.1, 0.15) is 12.2 Å². The second-order valence-electron chi connectivity index (χ2n) is 9.60. The van der Waals surface area contributed by atoms with Gasteiger partial charge in [-0.05, 0) is 30.7 Å². The van der Waals surface area contributed by atoms with Crippen LogP contribution in [0.5, 0.6) is 0 Å². The summed E-state index contributed by atoms with van der Waals surface area (Å²) >= 11 is 12.8. The van der Waals surface area contributed by atoms with Crippen LogP contribution in [0.4, 0.5) is 24.8 Å². The van der Waals surface area contributed by atoms with Gasteiger partial charge in [-0.1, -0.05) is 23.2 Å². The highest BCUT2D eigenvalue weighted by atomic mass is 35.5. The fraction of sp³-hybridized carbons (Fsp3) is 0.522. The number of nitrogens with zero attached hydrogens (tertiary/aromatic N) is 5. The maximum atomic E-state index is 15.3. The van der Waals surface area contributed by atoms with Crippen molar-refractivity contribution in [3.63, 3.8) is 0 Å². The lowest BCUT2D eigenvalue weighted by molar-refractivity contribution is 0.0353. The van der Waals surface area contributed by atoms with Gasteiger partial charge in [0.05, 0.1) is 42.8 Å². The van der Waals surface area contributed by atoms with E-state index >= 15 is 4.39 Å². The monoisotopic (exact) mass is 542 g/mol. The topological polar surface area (TPSA) is 88.3 Å². The Morgan fingerprint density at radius 3 is 2.69 bits per heavy atom. The van der Waals surface area contributed by atoms with Crippen LogP contribution in [0.1, 0.15) is 30.4 Å². The number of aliphatic hydroxyl groups excluding tert-OH is 1. The van der Waals surface area contributed by atoms with Crippen LogP contribution in [0.2, 0.25) is 10.2 Å². The van der Waals surface area contributed by atoms with E-state index in [0.717, 1.165) is 4.68 Å². The summed E-state index contributed by atoms with van der Waals surface area (Å²) in [6.07, 6.45) is 1.38. The molecule has 192 valence electrons. The molecule has 1 saturated carbocycles. The molecule has 3 aromatic rings. The molecule has 1 aliphatic carbocycles. The van der Waals surface area contributed by atoms with Crippen LogP contribution < -0.4 is 5.32 Å². The molecule has 5 atom stereocenters. The van der Waals surface area contributed by atoms with E-state index < -0.39 is 30.2 Å². The van der Waals surface area contributed by atoms with E-state index in [1.54, 1.807) is 18.3 Å². The summed E-state index contributed by atoms with van der Waals surface area (Å²) in [6, 6.07) is 2.23. The first-order chi connectivity index (χ1) is 17.2. The molecule has 8 nitrogen and oxygen atoms in total. The smallest absolute Gasteiger partial charge is 0.272 e. The summed E-state index contributed by atoms with van der Waals surface area (Å²) in [5, 5.41) is 18.1. The van der Waals surface area contributed by atoms with Crippen molar-refractivity contribution < 1.29 is 23.0 Å². The molecule has 3 unspecified atom stereocenters. The van der Waals surface area contributed by atoms with Gasteiger partial charge in [-0.25, -0.2) is 27.8 Å². The lowest BCUT2D eigenvalue weighted by atomic mass is 9.86. The summed E-state index contributed by atoms with van der Waals surface area (Å²) in [5.74, 6) is -3.03. The van der Waals surface area contributed by atoms with Crippen molar-refractivity contribution in [1.82, 2.24) is 24.6 Å². The molecule has 36 heavy (non-hydrogen) atoms. The van der Waals surface area contributed by atoms with E-state index in [4.69, 9.17) is 27.9 Å². The molecule has 0 spiro atoms. The van der Waals surface area contributed by atoms with Crippen molar-refractivity contribution in [2.75, 3.05) is 31.6 Å². The van der Waals surface area contributed by atoms with Gasteiger partial charge in [0.2, 0.25) is 5.95 Å². The van der Waals surface area contributed by atoms with Crippen molar-refractivity contribution in [3.8, 4) is 0 Å². The van der Waals surface area contributed by atoms with Gasteiger partial charge in [0.15, 0.2) is 5.15 Å². The van der Waals surface area contributed by atoms with Crippen LogP contribution in [-0.4, -0.2) is 80.3 Å². The number of piperidine rings is 1. The number of likely N-dealkylation sites (tertiary alicyclic amines) is 1. The van der Waals surface area contributed by atoms with E-state index in [1.807, 2.05) is 4.90 Å². The van der Waals surface area contributed by atoms with Gasteiger partial charge in [0.25, 0.3) is 5.92 Å². The largest absolute Gasteiger partial charge is 0.389 e. The number of alkyl halides is 3. The van der Waals surface area contributed by atoms with E-state index in [9.17, 15) is 13.9 Å². The van der Waals surface area contributed by atoms with Gasteiger partial charge in [-0.3, -0.25) is 4.90 Å². The van der Waals surface area contributed by atoms with Crippen LogP contribution in [0.25, 0.3) is 10.9 Å². The molecule has 2 aliphatic heterocycles. The molecule has 0 bridgehead atoms. The van der Waals surface area contributed by atoms with Crippen LogP contribution in [0.15, 0.2) is 24.5 Å². The average molecular weight is 543 g/mol. The van der Waals surface area contributed by atoms with Gasteiger partial charge >= 0.3 is 0 Å². The predicted molar refractivity (Wildman–Crippen MR) is 128 cm³/mol. The number of aliphatic hydroxyl groups is 1. The third kappa shape index (κ3) is 4.30. The van der Waals surface area contributed by atoms with Gasteiger partial charge in [-0.15, -0.1) is 0 Å². The average Bonchev–Trinajstić information content (AvgIpc) is 3.12. The van der Waals surface area contributed by atoms with Crippen molar-refractivity contribution in [2.24, 2.45) is 0 Å². The minimum absolute atomic E-state index is 0.0440. The van der Waals surface area contributed by atoms with Crippen LogP contribution in [0, 0.1) is 0 Å². The van der Waals surface area contributed by atoms with Gasteiger partial charge in [0, 0.05) is 35.5 Å². The van der Waals surface area contributed by atoms with E-state index in [0.29, 0.717) is 46.7 Å². The van der Waals surface area contributed by atoms with Crippen molar-refractivity contribution >= 4 is 45.7 Å². The van der Waals surface area contributed by atoms with Crippen molar-refractivity contribution in [2.45, 2.75) is 49.0 Å². The molecule has 6 rings (SSSR count). The summed E-state index contributed by atoms with van der Waals surface area (Å²) in [6.45, 7) is 1.47. The van der Waals surface area contributed by atoms with Crippen molar-refractivity contribution in [3.05, 3.63) is 40.3 Å². The third-order valence-electron chi connectivity index (χ3n) is 7.23. The maximum absolute atomic E-state index is 15.3. The summed E-state index contributed by atoms with van der Waals surface area (Å²) in [5.41, 5.74) is 1.52. The fourth-order valence-corrected chi connectivity index (χ4v) is 5.67. The third-order valence-corrected chi connectivity index (χ3v) is 7.93. The molecule has 2 saturated heterocycles. The second-order valence-corrected chi connectivity index (χ2v) is 10.4. The van der Waals surface area contributed by atoms with E-state index in [-0.39, 0.29) is 36.7 Å². The second kappa shape index (κ2) is 8.98. The number of anilines is 2. The number of hydrogen-bond acceptors (Lipinski definition) is 7. The molecule has 3 fully saturated rings. The first kappa shape index (κ1) is 24.2. The Hall–Kier alpha value is -2.18. The first-order valence-electron chi connectivity index (χ1n) is 11.7. The zero-order valence-corrected chi connectivity index (χ0v) is 20.4. The lowest BCUT2D eigenvalue weighted by Crippen LogP contribution is -2.50. The Morgan fingerprint density at radius 1 is 1.19 bits per heavy atom. The minimum Gasteiger partial charge on any atom is -0.389 e. The molecule has 13 heteroatoms. The number of benzene rings is 1. The molecule has 3 aliphatic rings. The lowest BCUT2D eigenvalue weighted by Gasteiger charge is -2.39. The normalized spacial score (nSPS) is 30.1. The minimum atomic E-state index is -2.81. The predicted octanol–water partition coefficient (Wildman–Crippen LogP) is 4.34. The molecule has 1 aromatic carbocycles.